The van der Waals surface area contributed by atoms with Crippen molar-refractivity contribution in [2.75, 3.05) is 0 Å². The third kappa shape index (κ3) is 1.56. The van der Waals surface area contributed by atoms with Gasteiger partial charge in [0.05, 0.1) is 6.20 Å². The van der Waals surface area contributed by atoms with Crippen molar-refractivity contribution in [2.24, 2.45) is 0 Å². The molecule has 2 rings (SSSR count). The highest BCUT2D eigenvalue weighted by molar-refractivity contribution is 5.86. The highest BCUT2D eigenvalue weighted by Gasteiger charge is 2.35. The van der Waals surface area contributed by atoms with Crippen molar-refractivity contribution < 1.29 is 18.0 Å². The zero-order chi connectivity index (χ0) is 11.1. The third-order valence-corrected chi connectivity index (χ3v) is 1.87. The summed E-state index contributed by atoms with van der Waals surface area (Å²) in [5.41, 5.74) is -0.953. The fourth-order valence-electron chi connectivity index (χ4n) is 1.21. The fraction of sp³-hybridized carbons (Fsp3) is 0.125. The predicted octanol–water partition coefficient (Wildman–Crippen LogP) is 1.79. The molecule has 0 aliphatic carbocycles. The molecule has 0 bridgehead atoms. The number of nitrogens with one attached hydrogen (secondary N) is 1. The molecule has 7 heteroatoms. The summed E-state index contributed by atoms with van der Waals surface area (Å²) in [7, 11) is 0. The number of H-pyrrole nitrogens is 1. The number of aromatic amines is 1. The number of alkyl halides is 3. The molecule has 0 aromatic carbocycles. The number of rotatable bonds is 1. The standard InChI is InChI=1S/C8H4F3N3O/c9-8(10,11)7-5-1-4(3-15)12-2-6(5)13-14-7/h1-3H,(H,13,14). The quantitative estimate of drug-likeness (QED) is 0.737. The van der Waals surface area contributed by atoms with Crippen LogP contribution in [0.2, 0.25) is 0 Å². The number of aromatic nitrogens is 3. The van der Waals surface area contributed by atoms with Gasteiger partial charge in [-0.05, 0) is 6.07 Å². The van der Waals surface area contributed by atoms with E-state index in [-0.39, 0.29) is 16.6 Å². The Hall–Kier alpha value is -1.92. The molecule has 2 aromatic rings. The van der Waals surface area contributed by atoms with Gasteiger partial charge in [0.1, 0.15) is 16.9 Å². The largest absolute Gasteiger partial charge is 0.433 e. The Morgan fingerprint density at radius 3 is 2.73 bits per heavy atom. The van der Waals surface area contributed by atoms with Gasteiger partial charge in [-0.2, -0.15) is 18.3 Å². The Balaban J connectivity index is 2.72. The number of nitrogens with zero attached hydrogens (tertiary/aromatic N) is 2. The zero-order valence-electron chi connectivity index (χ0n) is 7.17. The molecule has 1 N–H and O–H groups in total. The number of carbonyl (C=O) groups is 1. The van der Waals surface area contributed by atoms with Crippen LogP contribution >= 0.6 is 0 Å². The molecule has 0 saturated carbocycles. The van der Waals surface area contributed by atoms with Crippen molar-refractivity contribution in [3.63, 3.8) is 0 Å². The van der Waals surface area contributed by atoms with Crippen LogP contribution in [0.15, 0.2) is 12.3 Å². The summed E-state index contributed by atoms with van der Waals surface area (Å²) in [6.07, 6.45) is -3.02. The van der Waals surface area contributed by atoms with Gasteiger partial charge >= 0.3 is 6.18 Å². The van der Waals surface area contributed by atoms with Crippen LogP contribution in [0, 0.1) is 0 Å². The summed E-state index contributed by atoms with van der Waals surface area (Å²) in [6.45, 7) is 0. The molecule has 15 heavy (non-hydrogen) atoms. The molecule has 0 aliphatic heterocycles. The van der Waals surface area contributed by atoms with Gasteiger partial charge in [-0.25, -0.2) is 0 Å². The van der Waals surface area contributed by atoms with Gasteiger partial charge in [-0.15, -0.1) is 0 Å². The molecule has 0 fully saturated rings. The van der Waals surface area contributed by atoms with Crippen LogP contribution in [-0.2, 0) is 6.18 Å². The Kier molecular flexibility index (Phi) is 1.95. The van der Waals surface area contributed by atoms with E-state index < -0.39 is 11.9 Å². The summed E-state index contributed by atoms with van der Waals surface area (Å²) in [6, 6.07) is 1.05. The minimum Gasteiger partial charge on any atom is -0.296 e. The number of carbonyl (C=O) groups excluding carboxylic acids is 1. The molecule has 0 aliphatic rings. The molecule has 0 unspecified atom stereocenters. The van der Waals surface area contributed by atoms with Crippen LogP contribution in [-0.4, -0.2) is 21.5 Å². The fourth-order valence-corrected chi connectivity index (χ4v) is 1.21. The van der Waals surface area contributed by atoms with E-state index in [9.17, 15) is 18.0 Å². The second kappa shape index (κ2) is 3.04. The first-order valence-corrected chi connectivity index (χ1v) is 3.89. The monoisotopic (exact) mass is 215 g/mol. The van der Waals surface area contributed by atoms with Crippen molar-refractivity contribution in [3.8, 4) is 0 Å². The van der Waals surface area contributed by atoms with Crippen molar-refractivity contribution in [3.05, 3.63) is 23.7 Å². The molecule has 0 saturated heterocycles. The van der Waals surface area contributed by atoms with Gasteiger partial charge < -0.3 is 0 Å². The van der Waals surface area contributed by atoms with E-state index in [2.05, 4.69) is 10.1 Å². The molecule has 0 atom stereocenters. The Bertz CT molecular complexity index is 517. The van der Waals surface area contributed by atoms with Crippen molar-refractivity contribution >= 4 is 17.2 Å². The van der Waals surface area contributed by atoms with E-state index >= 15 is 0 Å². The molecule has 2 aromatic heterocycles. The first kappa shape index (κ1) is 9.63. The van der Waals surface area contributed by atoms with Gasteiger partial charge in [0.2, 0.25) is 0 Å². The molecule has 0 radical (unpaired) electrons. The number of halogens is 3. The highest BCUT2D eigenvalue weighted by atomic mass is 19.4. The molecule has 0 spiro atoms. The summed E-state index contributed by atoms with van der Waals surface area (Å²) >= 11 is 0. The highest BCUT2D eigenvalue weighted by Crippen LogP contribution is 2.32. The van der Waals surface area contributed by atoms with Crippen LogP contribution in [0.3, 0.4) is 0 Å². The lowest BCUT2D eigenvalue weighted by Gasteiger charge is -2.02. The third-order valence-electron chi connectivity index (χ3n) is 1.87. The number of hydrogen-bond donors (Lipinski definition) is 1. The summed E-state index contributed by atoms with van der Waals surface area (Å²) < 4.78 is 37.2. The first-order chi connectivity index (χ1) is 7.02. The van der Waals surface area contributed by atoms with Gasteiger partial charge in [0.15, 0.2) is 6.29 Å². The van der Waals surface area contributed by atoms with Crippen LogP contribution in [0.4, 0.5) is 13.2 Å². The van der Waals surface area contributed by atoms with Crippen LogP contribution in [0.5, 0.6) is 0 Å². The minimum absolute atomic E-state index is 0.0607. The van der Waals surface area contributed by atoms with Crippen LogP contribution in [0.25, 0.3) is 10.9 Å². The Morgan fingerprint density at radius 2 is 2.13 bits per heavy atom. The summed E-state index contributed by atoms with van der Waals surface area (Å²) in [5, 5.41) is 5.16. The molecular weight excluding hydrogens is 211 g/mol. The number of hydrogen-bond acceptors (Lipinski definition) is 3. The van der Waals surface area contributed by atoms with Gasteiger partial charge in [0, 0.05) is 5.39 Å². The van der Waals surface area contributed by atoms with Gasteiger partial charge in [-0.1, -0.05) is 0 Å². The average Bonchev–Trinajstić information content (AvgIpc) is 2.59. The van der Waals surface area contributed by atoms with E-state index in [4.69, 9.17) is 0 Å². The number of pyridine rings is 1. The SMILES string of the molecule is O=Cc1cc2c(C(F)(F)F)[nH]nc2cn1. The van der Waals surface area contributed by atoms with E-state index in [1.165, 1.54) is 0 Å². The summed E-state index contributed by atoms with van der Waals surface area (Å²) in [5.74, 6) is 0. The lowest BCUT2D eigenvalue weighted by molar-refractivity contribution is -0.139. The van der Waals surface area contributed by atoms with E-state index in [1.807, 2.05) is 5.10 Å². The molecule has 4 nitrogen and oxygen atoms in total. The maximum Gasteiger partial charge on any atom is 0.433 e. The van der Waals surface area contributed by atoms with Gasteiger partial charge in [0.25, 0.3) is 0 Å². The second-order valence-corrected chi connectivity index (χ2v) is 2.84. The summed E-state index contributed by atoms with van der Waals surface area (Å²) in [4.78, 5) is 14.0. The average molecular weight is 215 g/mol. The zero-order valence-corrected chi connectivity index (χ0v) is 7.17. The van der Waals surface area contributed by atoms with Gasteiger partial charge in [-0.3, -0.25) is 14.9 Å². The Labute approximate surface area is 81.1 Å². The molecule has 78 valence electrons. The smallest absolute Gasteiger partial charge is 0.296 e. The molecular formula is C8H4F3N3O. The topological polar surface area (TPSA) is 58.6 Å². The van der Waals surface area contributed by atoms with Crippen molar-refractivity contribution in [1.29, 1.82) is 0 Å². The van der Waals surface area contributed by atoms with E-state index in [0.29, 0.717) is 6.29 Å². The van der Waals surface area contributed by atoms with E-state index in [0.717, 1.165) is 12.3 Å². The first-order valence-electron chi connectivity index (χ1n) is 3.89. The molecule has 0 amide bonds. The molecule has 2 heterocycles. The van der Waals surface area contributed by atoms with Crippen molar-refractivity contribution in [2.45, 2.75) is 6.18 Å². The Morgan fingerprint density at radius 1 is 1.40 bits per heavy atom. The van der Waals surface area contributed by atoms with E-state index in [1.54, 1.807) is 0 Å². The number of aldehydes is 1. The minimum atomic E-state index is -4.52. The second-order valence-electron chi connectivity index (χ2n) is 2.84. The maximum absolute atomic E-state index is 12.4. The number of fused-ring (bicyclic) bond motifs is 1. The lowest BCUT2D eigenvalue weighted by Crippen LogP contribution is -2.06. The van der Waals surface area contributed by atoms with Crippen LogP contribution in [0.1, 0.15) is 16.2 Å². The lowest BCUT2D eigenvalue weighted by atomic mass is 10.2. The normalized spacial score (nSPS) is 11.9. The maximum atomic E-state index is 12.4. The van der Waals surface area contributed by atoms with Crippen LogP contribution < -0.4 is 0 Å². The predicted molar refractivity (Wildman–Crippen MR) is 44.3 cm³/mol. The van der Waals surface area contributed by atoms with Crippen molar-refractivity contribution in [1.82, 2.24) is 15.2 Å².